The summed E-state index contributed by atoms with van der Waals surface area (Å²) < 4.78 is 18.2. The summed E-state index contributed by atoms with van der Waals surface area (Å²) >= 11 is 1.15. The van der Waals surface area contributed by atoms with Crippen LogP contribution < -0.4 is 4.90 Å². The minimum Gasteiger partial charge on any atom is -0.462 e. The Kier molecular flexibility index (Phi) is 6.35. The lowest BCUT2D eigenvalue weighted by molar-refractivity contribution is -0.138. The van der Waals surface area contributed by atoms with E-state index in [9.17, 15) is 19.2 Å². The highest BCUT2D eigenvalue weighted by atomic mass is 32.2. The Balaban J connectivity index is 2.02. The molecular weight excluding hydrogens is 391 g/mol. The molecule has 2 aromatic rings. The van der Waals surface area contributed by atoms with Crippen molar-refractivity contribution in [1.82, 2.24) is 0 Å². The van der Waals surface area contributed by atoms with Crippen LogP contribution in [0.3, 0.4) is 0 Å². The van der Waals surface area contributed by atoms with E-state index in [-0.39, 0.29) is 28.9 Å². The lowest BCUT2D eigenvalue weighted by Crippen LogP contribution is -2.30. The number of hydrogen-bond donors (Lipinski definition) is 0. The van der Waals surface area contributed by atoms with E-state index in [0.29, 0.717) is 12.1 Å². The molecule has 1 atom stereocenters. The number of hydrogen-bond acceptors (Lipinski definition) is 5. The molecule has 1 aliphatic heterocycles. The van der Waals surface area contributed by atoms with Gasteiger partial charge in [0.1, 0.15) is 16.9 Å². The second-order valence-electron chi connectivity index (χ2n) is 6.46. The SMILES string of the molecule is CCOC(=O)C(C#N)=C1SC(Cc2ccc(F)cc2)C(=O)N1c1ccc(C)cc1. The Labute approximate surface area is 172 Å². The zero-order valence-corrected chi connectivity index (χ0v) is 16.8. The largest absolute Gasteiger partial charge is 0.462 e. The number of benzene rings is 2. The first-order chi connectivity index (χ1) is 13.9. The summed E-state index contributed by atoms with van der Waals surface area (Å²) in [6, 6.07) is 15.1. The highest BCUT2D eigenvalue weighted by Crippen LogP contribution is 2.42. The summed E-state index contributed by atoms with van der Waals surface area (Å²) in [4.78, 5) is 26.9. The number of nitriles is 1. The maximum Gasteiger partial charge on any atom is 0.351 e. The molecule has 0 N–H and O–H groups in total. The van der Waals surface area contributed by atoms with E-state index in [1.807, 2.05) is 25.1 Å². The van der Waals surface area contributed by atoms with E-state index < -0.39 is 11.2 Å². The number of halogens is 1. The van der Waals surface area contributed by atoms with E-state index in [1.54, 1.807) is 31.2 Å². The molecule has 0 saturated carbocycles. The Morgan fingerprint density at radius 2 is 1.86 bits per heavy atom. The lowest BCUT2D eigenvalue weighted by atomic mass is 10.1. The third-order valence-electron chi connectivity index (χ3n) is 4.38. The van der Waals surface area contributed by atoms with Gasteiger partial charge in [-0.1, -0.05) is 41.6 Å². The van der Waals surface area contributed by atoms with Gasteiger partial charge in [-0.15, -0.1) is 0 Å². The first-order valence-electron chi connectivity index (χ1n) is 9.07. The maximum atomic E-state index is 13.2. The van der Waals surface area contributed by atoms with Crippen LogP contribution in [0.1, 0.15) is 18.1 Å². The molecule has 1 fully saturated rings. The van der Waals surface area contributed by atoms with Crippen LogP contribution in [0.5, 0.6) is 0 Å². The van der Waals surface area contributed by atoms with Crippen LogP contribution in [0.2, 0.25) is 0 Å². The van der Waals surface area contributed by atoms with E-state index in [4.69, 9.17) is 4.74 Å². The number of aryl methyl sites for hydroxylation is 1. The molecule has 0 radical (unpaired) electrons. The molecule has 1 aliphatic rings. The molecule has 1 unspecified atom stereocenters. The van der Waals surface area contributed by atoms with Crippen molar-refractivity contribution in [3.63, 3.8) is 0 Å². The number of rotatable bonds is 5. The van der Waals surface area contributed by atoms with E-state index in [0.717, 1.165) is 22.9 Å². The molecule has 7 heteroatoms. The average Bonchev–Trinajstić information content (AvgIpc) is 3.01. The van der Waals surface area contributed by atoms with Gasteiger partial charge in [-0.2, -0.15) is 5.26 Å². The zero-order valence-electron chi connectivity index (χ0n) is 16.0. The first kappa shape index (κ1) is 20.6. The molecule has 0 aromatic heterocycles. The van der Waals surface area contributed by atoms with Gasteiger partial charge in [0.2, 0.25) is 5.91 Å². The van der Waals surface area contributed by atoms with Crippen molar-refractivity contribution in [1.29, 1.82) is 5.26 Å². The van der Waals surface area contributed by atoms with Crippen molar-refractivity contribution in [3.8, 4) is 6.07 Å². The molecule has 1 saturated heterocycles. The molecule has 0 bridgehead atoms. The average molecular weight is 410 g/mol. The fraction of sp³-hybridized carbons (Fsp3) is 0.227. The van der Waals surface area contributed by atoms with Gasteiger partial charge in [0.15, 0.2) is 5.57 Å². The number of ether oxygens (including phenoxy) is 1. The number of carbonyl (C=O) groups excluding carboxylic acids is 2. The monoisotopic (exact) mass is 410 g/mol. The van der Waals surface area contributed by atoms with Gasteiger partial charge in [-0.25, -0.2) is 9.18 Å². The van der Waals surface area contributed by atoms with Crippen LogP contribution in [-0.2, 0) is 20.7 Å². The minimum atomic E-state index is -0.759. The van der Waals surface area contributed by atoms with Crippen molar-refractivity contribution in [2.75, 3.05) is 11.5 Å². The Bertz CT molecular complexity index is 994. The zero-order chi connectivity index (χ0) is 21.0. The van der Waals surface area contributed by atoms with Crippen LogP contribution in [0.4, 0.5) is 10.1 Å². The van der Waals surface area contributed by atoms with Crippen molar-refractivity contribution in [2.45, 2.75) is 25.5 Å². The molecule has 1 amide bonds. The van der Waals surface area contributed by atoms with Crippen LogP contribution >= 0.6 is 11.8 Å². The smallest absolute Gasteiger partial charge is 0.351 e. The van der Waals surface area contributed by atoms with Gasteiger partial charge >= 0.3 is 5.97 Å². The standard InChI is InChI=1S/C22H19FN2O3S/c1-3-28-22(27)18(13-24)21-25(17-10-4-14(2)5-11-17)20(26)19(29-21)12-15-6-8-16(23)9-7-15/h4-11,19H,3,12H2,1-2H3. The van der Waals surface area contributed by atoms with Gasteiger partial charge < -0.3 is 4.74 Å². The van der Waals surface area contributed by atoms with Crippen molar-refractivity contribution in [3.05, 3.63) is 76.1 Å². The summed E-state index contributed by atoms with van der Waals surface area (Å²) in [6.45, 7) is 3.71. The number of amides is 1. The number of nitrogens with zero attached hydrogens (tertiary/aromatic N) is 2. The second-order valence-corrected chi connectivity index (χ2v) is 7.65. The van der Waals surface area contributed by atoms with Crippen LogP contribution in [0, 0.1) is 24.1 Å². The molecule has 29 heavy (non-hydrogen) atoms. The summed E-state index contributed by atoms with van der Waals surface area (Å²) in [7, 11) is 0. The summed E-state index contributed by atoms with van der Waals surface area (Å²) in [5.74, 6) is -1.35. The van der Waals surface area contributed by atoms with Crippen LogP contribution in [0.25, 0.3) is 0 Å². The quantitative estimate of drug-likeness (QED) is 0.421. The number of anilines is 1. The van der Waals surface area contributed by atoms with Crippen molar-refractivity contribution < 1.29 is 18.7 Å². The normalized spacial score (nSPS) is 17.8. The number of thioether (sulfide) groups is 1. The molecule has 5 nitrogen and oxygen atoms in total. The third-order valence-corrected chi connectivity index (χ3v) is 5.65. The van der Waals surface area contributed by atoms with Crippen LogP contribution in [-0.4, -0.2) is 23.7 Å². The molecule has 1 heterocycles. The fourth-order valence-corrected chi connectivity index (χ4v) is 4.24. The fourth-order valence-electron chi connectivity index (χ4n) is 2.94. The van der Waals surface area contributed by atoms with Gasteiger partial charge in [0.25, 0.3) is 0 Å². The van der Waals surface area contributed by atoms with Gasteiger partial charge in [0, 0.05) is 5.69 Å². The van der Waals surface area contributed by atoms with Crippen molar-refractivity contribution in [2.24, 2.45) is 0 Å². The van der Waals surface area contributed by atoms with Crippen molar-refractivity contribution >= 4 is 29.3 Å². The molecule has 0 spiro atoms. The number of carbonyl (C=O) groups is 2. The van der Waals surface area contributed by atoms with E-state index >= 15 is 0 Å². The maximum absolute atomic E-state index is 13.2. The second kappa shape index (κ2) is 8.93. The molecule has 148 valence electrons. The topological polar surface area (TPSA) is 70.4 Å². The summed E-state index contributed by atoms with van der Waals surface area (Å²) in [5.41, 5.74) is 2.18. The van der Waals surface area contributed by atoms with E-state index in [1.165, 1.54) is 17.0 Å². The highest BCUT2D eigenvalue weighted by Gasteiger charge is 2.41. The molecule has 3 rings (SSSR count). The Morgan fingerprint density at radius 1 is 1.21 bits per heavy atom. The molecule has 2 aromatic carbocycles. The Hall–Kier alpha value is -3.11. The molecular formula is C22H19FN2O3S. The van der Waals surface area contributed by atoms with E-state index in [2.05, 4.69) is 0 Å². The van der Waals surface area contributed by atoms with Gasteiger partial charge in [-0.3, -0.25) is 9.69 Å². The summed E-state index contributed by atoms with van der Waals surface area (Å²) in [6.07, 6.45) is 0.344. The first-order valence-corrected chi connectivity index (χ1v) is 9.95. The highest BCUT2D eigenvalue weighted by molar-refractivity contribution is 8.05. The van der Waals surface area contributed by atoms with Gasteiger partial charge in [-0.05, 0) is 50.1 Å². The minimum absolute atomic E-state index is 0.124. The summed E-state index contributed by atoms with van der Waals surface area (Å²) in [5, 5.41) is 9.29. The predicted molar refractivity (Wildman–Crippen MR) is 109 cm³/mol. The Morgan fingerprint density at radius 3 is 2.45 bits per heavy atom. The third kappa shape index (κ3) is 4.49. The predicted octanol–water partition coefficient (Wildman–Crippen LogP) is 4.12. The van der Waals surface area contributed by atoms with Gasteiger partial charge in [0.05, 0.1) is 11.9 Å². The molecule has 0 aliphatic carbocycles. The lowest BCUT2D eigenvalue weighted by Gasteiger charge is -2.18. The van der Waals surface area contributed by atoms with Crippen LogP contribution in [0.15, 0.2) is 59.1 Å². The number of esters is 1.